The third kappa shape index (κ3) is 3.21. The highest BCUT2D eigenvalue weighted by Crippen LogP contribution is 2.31. The zero-order valence-corrected chi connectivity index (χ0v) is 10.6. The number of carbonyl (C=O) groups is 1. The number of benzene rings is 1. The van der Waals surface area contributed by atoms with Crippen molar-refractivity contribution in [1.82, 2.24) is 0 Å². The monoisotopic (exact) mass is 286 g/mol. The van der Waals surface area contributed by atoms with Gasteiger partial charge in [0.15, 0.2) is 5.75 Å². The summed E-state index contributed by atoms with van der Waals surface area (Å²) in [5, 5.41) is 12.2. The van der Waals surface area contributed by atoms with Crippen LogP contribution in [0.25, 0.3) is 0 Å². The van der Waals surface area contributed by atoms with Crippen molar-refractivity contribution in [3.8, 4) is 5.75 Å². The van der Waals surface area contributed by atoms with Crippen molar-refractivity contribution in [3.05, 3.63) is 22.7 Å². The molecule has 0 radical (unpaired) electrons. The number of phenolic OH excluding ortho intramolecular Hbond substituents is 1. The predicted octanol–water partition coefficient (Wildman–Crippen LogP) is 2.22. The van der Waals surface area contributed by atoms with E-state index < -0.39 is 6.04 Å². The highest BCUT2D eigenvalue weighted by molar-refractivity contribution is 9.10. The van der Waals surface area contributed by atoms with E-state index in [0.717, 1.165) is 6.42 Å². The van der Waals surface area contributed by atoms with Crippen LogP contribution in [0.15, 0.2) is 22.7 Å². The predicted molar refractivity (Wildman–Crippen MR) is 67.3 cm³/mol. The first-order chi connectivity index (χ1) is 7.56. The van der Waals surface area contributed by atoms with Crippen LogP contribution in [-0.2, 0) is 4.79 Å². The Morgan fingerprint density at radius 2 is 2.31 bits per heavy atom. The number of phenols is 1. The minimum Gasteiger partial charge on any atom is -0.505 e. The van der Waals surface area contributed by atoms with E-state index in [1.54, 1.807) is 18.2 Å². The van der Waals surface area contributed by atoms with Gasteiger partial charge in [-0.3, -0.25) is 4.79 Å². The van der Waals surface area contributed by atoms with Gasteiger partial charge in [-0.1, -0.05) is 19.4 Å². The van der Waals surface area contributed by atoms with E-state index in [1.165, 1.54) is 0 Å². The van der Waals surface area contributed by atoms with Gasteiger partial charge in [0.2, 0.25) is 5.91 Å². The summed E-state index contributed by atoms with van der Waals surface area (Å²) in [6.45, 7) is 1.96. The summed E-state index contributed by atoms with van der Waals surface area (Å²) >= 11 is 3.17. The van der Waals surface area contributed by atoms with Crippen LogP contribution in [0, 0.1) is 0 Å². The van der Waals surface area contributed by atoms with Crippen LogP contribution in [0.5, 0.6) is 5.75 Å². The molecule has 0 heterocycles. The molecule has 0 aliphatic carbocycles. The first kappa shape index (κ1) is 13.0. The molecule has 1 aromatic rings. The van der Waals surface area contributed by atoms with E-state index in [-0.39, 0.29) is 11.7 Å². The van der Waals surface area contributed by atoms with E-state index in [2.05, 4.69) is 21.2 Å². The van der Waals surface area contributed by atoms with E-state index in [9.17, 15) is 9.90 Å². The van der Waals surface area contributed by atoms with E-state index in [1.807, 2.05) is 6.92 Å². The summed E-state index contributed by atoms with van der Waals surface area (Å²) in [5.41, 5.74) is 6.02. The minimum absolute atomic E-state index is 0.0135. The number of amides is 1. The molecule has 1 amide bonds. The van der Waals surface area contributed by atoms with Crippen molar-refractivity contribution in [2.75, 3.05) is 5.32 Å². The molecule has 0 spiro atoms. The number of para-hydroxylation sites is 1. The minimum atomic E-state index is -0.539. The molecule has 0 unspecified atom stereocenters. The van der Waals surface area contributed by atoms with Crippen molar-refractivity contribution in [3.63, 3.8) is 0 Å². The molecule has 1 rings (SSSR count). The molecular weight excluding hydrogens is 272 g/mol. The molecule has 88 valence electrons. The van der Waals surface area contributed by atoms with Gasteiger partial charge < -0.3 is 16.2 Å². The second-order valence-electron chi connectivity index (χ2n) is 3.52. The van der Waals surface area contributed by atoms with Gasteiger partial charge in [-0.25, -0.2) is 0 Å². The zero-order valence-electron chi connectivity index (χ0n) is 9.03. The van der Waals surface area contributed by atoms with Gasteiger partial charge in [-0.05, 0) is 34.5 Å². The van der Waals surface area contributed by atoms with Gasteiger partial charge in [-0.2, -0.15) is 0 Å². The molecule has 1 aromatic carbocycles. The van der Waals surface area contributed by atoms with Gasteiger partial charge >= 0.3 is 0 Å². The number of aromatic hydroxyl groups is 1. The average Bonchev–Trinajstić information content (AvgIpc) is 2.25. The molecule has 0 aliphatic heterocycles. The highest BCUT2D eigenvalue weighted by Gasteiger charge is 2.14. The van der Waals surface area contributed by atoms with Gasteiger partial charge in [0, 0.05) is 0 Å². The molecule has 16 heavy (non-hydrogen) atoms. The summed E-state index contributed by atoms with van der Waals surface area (Å²) in [7, 11) is 0. The summed E-state index contributed by atoms with van der Waals surface area (Å²) in [5.74, 6) is -0.269. The van der Waals surface area contributed by atoms with Crippen LogP contribution in [-0.4, -0.2) is 17.1 Å². The Bertz CT molecular complexity index is 382. The third-order valence-corrected chi connectivity index (χ3v) is 2.82. The largest absolute Gasteiger partial charge is 0.505 e. The maximum Gasteiger partial charge on any atom is 0.241 e. The fourth-order valence-electron chi connectivity index (χ4n) is 1.28. The fourth-order valence-corrected chi connectivity index (χ4v) is 1.65. The summed E-state index contributed by atoms with van der Waals surface area (Å²) in [6, 6.07) is 4.50. The lowest BCUT2D eigenvalue weighted by Crippen LogP contribution is -2.35. The summed E-state index contributed by atoms with van der Waals surface area (Å²) in [6.07, 6.45) is 1.47. The van der Waals surface area contributed by atoms with Crippen molar-refractivity contribution in [2.45, 2.75) is 25.8 Å². The molecule has 0 saturated heterocycles. The molecule has 0 aliphatic rings. The lowest BCUT2D eigenvalue weighted by molar-refractivity contribution is -0.117. The van der Waals surface area contributed by atoms with Gasteiger partial charge in [0.05, 0.1) is 16.2 Å². The number of nitrogens with one attached hydrogen (secondary N) is 1. The van der Waals surface area contributed by atoms with E-state index in [0.29, 0.717) is 16.6 Å². The first-order valence-electron chi connectivity index (χ1n) is 5.10. The number of rotatable bonds is 4. The Morgan fingerprint density at radius 1 is 1.62 bits per heavy atom. The normalized spacial score (nSPS) is 12.2. The first-order valence-corrected chi connectivity index (χ1v) is 5.89. The van der Waals surface area contributed by atoms with Crippen molar-refractivity contribution >= 4 is 27.5 Å². The molecule has 0 aromatic heterocycles. The SMILES string of the molecule is CCC[C@H](N)C(=O)Nc1cccc(Br)c1O. The topological polar surface area (TPSA) is 75.4 Å². The van der Waals surface area contributed by atoms with E-state index in [4.69, 9.17) is 5.73 Å². The molecule has 1 atom stereocenters. The number of hydrogen-bond acceptors (Lipinski definition) is 3. The van der Waals surface area contributed by atoms with Crippen LogP contribution >= 0.6 is 15.9 Å². The second kappa shape index (κ2) is 5.86. The third-order valence-electron chi connectivity index (χ3n) is 2.18. The number of nitrogens with two attached hydrogens (primary N) is 1. The van der Waals surface area contributed by atoms with Crippen LogP contribution in [0.2, 0.25) is 0 Å². The van der Waals surface area contributed by atoms with Crippen LogP contribution < -0.4 is 11.1 Å². The standard InChI is InChI=1S/C11H15BrN2O2/c1-2-4-8(13)11(16)14-9-6-3-5-7(12)10(9)15/h3,5-6,8,15H,2,4,13H2,1H3,(H,14,16)/t8-/m0/s1. The maximum atomic E-state index is 11.6. The Balaban J connectivity index is 2.73. The summed E-state index contributed by atoms with van der Waals surface area (Å²) < 4.78 is 0.536. The van der Waals surface area contributed by atoms with Gasteiger partial charge in [-0.15, -0.1) is 0 Å². The molecule has 5 heteroatoms. The fraction of sp³-hybridized carbons (Fsp3) is 0.364. The van der Waals surface area contributed by atoms with Crippen molar-refractivity contribution in [2.24, 2.45) is 5.73 Å². The van der Waals surface area contributed by atoms with Crippen molar-refractivity contribution < 1.29 is 9.90 Å². The maximum absolute atomic E-state index is 11.6. The van der Waals surface area contributed by atoms with Gasteiger partial charge in [0.25, 0.3) is 0 Å². The number of hydrogen-bond donors (Lipinski definition) is 3. The lowest BCUT2D eigenvalue weighted by atomic mass is 10.1. The average molecular weight is 287 g/mol. The smallest absolute Gasteiger partial charge is 0.241 e. The quantitative estimate of drug-likeness (QED) is 0.743. The summed E-state index contributed by atoms with van der Waals surface area (Å²) in [4.78, 5) is 11.6. The van der Waals surface area contributed by atoms with E-state index >= 15 is 0 Å². The Kier molecular flexibility index (Phi) is 4.76. The molecule has 4 nitrogen and oxygen atoms in total. The molecule has 0 bridgehead atoms. The van der Waals surface area contributed by atoms with Crippen LogP contribution in [0.3, 0.4) is 0 Å². The molecule has 4 N–H and O–H groups in total. The second-order valence-corrected chi connectivity index (χ2v) is 4.37. The Morgan fingerprint density at radius 3 is 2.94 bits per heavy atom. The molecule has 0 saturated carbocycles. The van der Waals surface area contributed by atoms with Gasteiger partial charge in [0.1, 0.15) is 0 Å². The van der Waals surface area contributed by atoms with Crippen LogP contribution in [0.1, 0.15) is 19.8 Å². The Hall–Kier alpha value is -1.07. The zero-order chi connectivity index (χ0) is 12.1. The van der Waals surface area contributed by atoms with Crippen LogP contribution in [0.4, 0.5) is 5.69 Å². The molecule has 0 fully saturated rings. The number of anilines is 1. The molecular formula is C11H15BrN2O2. The Labute approximate surface area is 103 Å². The van der Waals surface area contributed by atoms with Crippen molar-refractivity contribution in [1.29, 1.82) is 0 Å². The number of carbonyl (C=O) groups excluding carboxylic acids is 1. The lowest BCUT2D eigenvalue weighted by Gasteiger charge is -2.12. The highest BCUT2D eigenvalue weighted by atomic mass is 79.9. The number of halogens is 1.